The van der Waals surface area contributed by atoms with Gasteiger partial charge in [-0.3, -0.25) is 0 Å². The summed E-state index contributed by atoms with van der Waals surface area (Å²) in [5.74, 6) is 0. The van der Waals surface area contributed by atoms with Gasteiger partial charge in [0.2, 0.25) is 0 Å². The molecule has 0 bridgehead atoms. The first-order valence-corrected chi connectivity index (χ1v) is 9.58. The van der Waals surface area contributed by atoms with Crippen molar-refractivity contribution < 1.29 is 0 Å². The quantitative estimate of drug-likeness (QED) is 0.514. The molecule has 0 unspecified atom stereocenters. The molecular weight excluding hydrogens is 396 g/mol. The van der Waals surface area contributed by atoms with Gasteiger partial charge < -0.3 is 5.32 Å². The Kier molecular flexibility index (Phi) is 5.96. The van der Waals surface area contributed by atoms with Gasteiger partial charge in [0, 0.05) is 0 Å². The molecule has 0 amide bonds. The molecule has 2 aromatic rings. The molecule has 5 heteroatoms. The van der Waals surface area contributed by atoms with E-state index in [1.165, 1.54) is 0 Å². The molecule has 0 atom stereocenters. The molecule has 0 spiro atoms. The van der Waals surface area contributed by atoms with Gasteiger partial charge >= 0.3 is 0 Å². The van der Waals surface area contributed by atoms with Crippen molar-refractivity contribution in [3.8, 4) is 0 Å². The van der Waals surface area contributed by atoms with Crippen molar-refractivity contribution in [1.29, 1.82) is 0 Å². The smallest absolute Gasteiger partial charge is 0.0763 e. The third-order valence-corrected chi connectivity index (χ3v) is 5.26. The van der Waals surface area contributed by atoms with Crippen LogP contribution in [0.3, 0.4) is 0 Å². The van der Waals surface area contributed by atoms with Crippen LogP contribution in [0.1, 0.15) is 52.7 Å². The molecule has 0 aromatic heterocycles. The van der Waals surface area contributed by atoms with Crippen molar-refractivity contribution in [2.45, 2.75) is 52.4 Å². The van der Waals surface area contributed by atoms with Crippen LogP contribution in [0.5, 0.6) is 0 Å². The molecule has 0 heterocycles. The summed E-state index contributed by atoms with van der Waals surface area (Å²) in [6.07, 6.45) is 0. The second-order valence-corrected chi connectivity index (χ2v) is 9.88. The van der Waals surface area contributed by atoms with Gasteiger partial charge in [0.05, 0.1) is 31.5 Å². The summed E-state index contributed by atoms with van der Waals surface area (Å²) < 4.78 is 0. The van der Waals surface area contributed by atoms with E-state index in [0.717, 1.165) is 11.1 Å². The van der Waals surface area contributed by atoms with Gasteiger partial charge in [0.25, 0.3) is 0 Å². The van der Waals surface area contributed by atoms with Crippen molar-refractivity contribution in [1.82, 2.24) is 0 Å². The van der Waals surface area contributed by atoms with Crippen molar-refractivity contribution in [3.63, 3.8) is 0 Å². The summed E-state index contributed by atoms with van der Waals surface area (Å²) in [6, 6.07) is 7.67. The van der Waals surface area contributed by atoms with Crippen LogP contribution in [0.25, 0.3) is 0 Å². The van der Waals surface area contributed by atoms with Gasteiger partial charge in [-0.15, -0.1) is 0 Å². The predicted molar refractivity (Wildman–Crippen MR) is 114 cm³/mol. The van der Waals surface area contributed by atoms with Crippen LogP contribution in [0.15, 0.2) is 24.3 Å². The summed E-state index contributed by atoms with van der Waals surface area (Å²) in [5.41, 5.74) is 3.24. The van der Waals surface area contributed by atoms with Gasteiger partial charge in [-0.1, -0.05) is 87.9 Å². The largest absolute Gasteiger partial charge is 0.351 e. The second kappa shape index (κ2) is 7.19. The van der Waals surface area contributed by atoms with Crippen LogP contribution in [0.2, 0.25) is 20.1 Å². The molecule has 25 heavy (non-hydrogen) atoms. The summed E-state index contributed by atoms with van der Waals surface area (Å²) in [4.78, 5) is 0. The van der Waals surface area contributed by atoms with Crippen molar-refractivity contribution in [3.05, 3.63) is 55.5 Å². The Hall–Kier alpha value is -0.600. The van der Waals surface area contributed by atoms with Gasteiger partial charge in [0.15, 0.2) is 0 Å². The first kappa shape index (κ1) is 20.7. The maximum atomic E-state index is 6.47. The minimum absolute atomic E-state index is 0.0462. The van der Waals surface area contributed by atoms with Gasteiger partial charge in [-0.05, 0) is 46.2 Å². The molecule has 0 saturated carbocycles. The molecule has 2 rings (SSSR count). The molecular formula is C20H23Cl4N. The fourth-order valence-electron chi connectivity index (χ4n) is 2.38. The first-order chi connectivity index (χ1) is 11.3. The maximum absolute atomic E-state index is 6.47. The lowest BCUT2D eigenvalue weighted by molar-refractivity contribution is 0.590. The van der Waals surface area contributed by atoms with Crippen LogP contribution >= 0.6 is 46.4 Å². The number of hydrogen-bond acceptors (Lipinski definition) is 1. The molecule has 136 valence electrons. The van der Waals surface area contributed by atoms with Crippen LogP contribution in [-0.2, 0) is 10.8 Å². The van der Waals surface area contributed by atoms with E-state index in [2.05, 4.69) is 46.9 Å². The molecule has 1 nitrogen and oxygen atoms in total. The molecule has 0 radical (unpaired) electrons. The molecule has 1 N–H and O–H groups in total. The normalized spacial score (nSPS) is 12.4. The minimum atomic E-state index is -0.0462. The molecule has 0 aliphatic rings. The maximum Gasteiger partial charge on any atom is 0.0763 e. The number of benzene rings is 2. The Bertz CT molecular complexity index is 685. The van der Waals surface area contributed by atoms with Crippen molar-refractivity contribution in [2.24, 2.45) is 0 Å². The third kappa shape index (κ3) is 4.77. The van der Waals surface area contributed by atoms with E-state index in [1.807, 2.05) is 24.3 Å². The fourth-order valence-corrected chi connectivity index (χ4v) is 3.54. The highest BCUT2D eigenvalue weighted by molar-refractivity contribution is 6.41. The number of rotatable bonds is 2. The summed E-state index contributed by atoms with van der Waals surface area (Å²) in [6.45, 7) is 12.7. The first-order valence-electron chi connectivity index (χ1n) is 8.07. The van der Waals surface area contributed by atoms with Crippen molar-refractivity contribution >= 4 is 57.8 Å². The Morgan fingerprint density at radius 2 is 0.800 bits per heavy atom. The highest BCUT2D eigenvalue weighted by atomic mass is 35.5. The Balaban J connectivity index is 2.48. The van der Waals surface area contributed by atoms with E-state index < -0.39 is 0 Å². The molecule has 0 aliphatic carbocycles. The average Bonchev–Trinajstić information content (AvgIpc) is 2.42. The lowest BCUT2D eigenvalue weighted by Gasteiger charge is -2.23. The van der Waals surface area contributed by atoms with E-state index >= 15 is 0 Å². The van der Waals surface area contributed by atoms with E-state index in [0.29, 0.717) is 31.5 Å². The summed E-state index contributed by atoms with van der Waals surface area (Å²) >= 11 is 25.9. The van der Waals surface area contributed by atoms with Crippen molar-refractivity contribution in [2.75, 3.05) is 5.32 Å². The zero-order valence-corrected chi connectivity index (χ0v) is 18.3. The topological polar surface area (TPSA) is 12.0 Å². The van der Waals surface area contributed by atoms with E-state index in [-0.39, 0.29) is 10.8 Å². The number of halogens is 4. The highest BCUT2D eigenvalue weighted by Crippen LogP contribution is 2.42. The lowest BCUT2D eigenvalue weighted by Crippen LogP contribution is -2.12. The molecule has 0 saturated heterocycles. The SMILES string of the molecule is CC(C)(C)c1cc(Cl)c(Nc2c(Cl)cc(C(C)(C)C)cc2Cl)c(Cl)c1. The van der Waals surface area contributed by atoms with Crippen LogP contribution in [0, 0.1) is 0 Å². The highest BCUT2D eigenvalue weighted by Gasteiger charge is 2.21. The summed E-state index contributed by atoms with van der Waals surface area (Å²) in [5, 5.41) is 5.33. The van der Waals surface area contributed by atoms with E-state index in [1.54, 1.807) is 0 Å². The van der Waals surface area contributed by atoms with Crippen LogP contribution in [0.4, 0.5) is 11.4 Å². The van der Waals surface area contributed by atoms with Gasteiger partial charge in [0.1, 0.15) is 0 Å². The zero-order chi connectivity index (χ0) is 19.2. The van der Waals surface area contributed by atoms with E-state index in [9.17, 15) is 0 Å². The number of anilines is 2. The van der Waals surface area contributed by atoms with Gasteiger partial charge in [-0.2, -0.15) is 0 Å². The molecule has 2 aromatic carbocycles. The standard InChI is InChI=1S/C20H23Cl4N/c1-19(2,3)11-7-13(21)17(14(22)8-11)25-18-15(23)9-12(10-16(18)24)20(4,5)6/h7-10,25H,1-6H3. The number of nitrogens with one attached hydrogen (secondary N) is 1. The van der Waals surface area contributed by atoms with Gasteiger partial charge in [-0.25, -0.2) is 0 Å². The second-order valence-electron chi connectivity index (χ2n) is 8.25. The fraction of sp³-hybridized carbons (Fsp3) is 0.400. The lowest BCUT2D eigenvalue weighted by atomic mass is 9.87. The Morgan fingerprint density at radius 1 is 0.560 bits per heavy atom. The Morgan fingerprint density at radius 3 is 1.00 bits per heavy atom. The Labute approximate surface area is 170 Å². The molecule has 0 aliphatic heterocycles. The van der Waals surface area contributed by atoms with Crippen LogP contribution < -0.4 is 5.32 Å². The summed E-state index contributed by atoms with van der Waals surface area (Å²) in [7, 11) is 0. The number of hydrogen-bond donors (Lipinski definition) is 1. The monoisotopic (exact) mass is 417 g/mol. The van der Waals surface area contributed by atoms with Crippen LogP contribution in [-0.4, -0.2) is 0 Å². The average molecular weight is 419 g/mol. The predicted octanol–water partition coefficient (Wildman–Crippen LogP) is 8.64. The van der Waals surface area contributed by atoms with E-state index in [4.69, 9.17) is 46.4 Å². The third-order valence-electron chi connectivity index (χ3n) is 4.07. The minimum Gasteiger partial charge on any atom is -0.351 e. The molecule has 0 fully saturated rings. The zero-order valence-electron chi connectivity index (χ0n) is 15.3.